The molecule has 1 fully saturated rings. The predicted octanol–water partition coefficient (Wildman–Crippen LogP) is 1.54. The lowest BCUT2D eigenvalue weighted by molar-refractivity contribution is -0.119. The first-order chi connectivity index (χ1) is 7.25. The third-order valence-electron chi connectivity index (χ3n) is 2.75. The summed E-state index contributed by atoms with van der Waals surface area (Å²) in [5, 5.41) is 6.12. The van der Waals surface area contributed by atoms with E-state index in [-0.39, 0.29) is 11.8 Å². The summed E-state index contributed by atoms with van der Waals surface area (Å²) in [7, 11) is 0. The first-order valence-electron chi connectivity index (χ1n) is 5.34. The molecule has 1 atom stereocenters. The van der Waals surface area contributed by atoms with Crippen LogP contribution in [0.4, 0.5) is 5.69 Å². The number of amides is 1. The van der Waals surface area contributed by atoms with Gasteiger partial charge in [0.25, 0.3) is 0 Å². The molecule has 1 heterocycles. The number of aryl methyl sites for hydroxylation is 1. The number of benzene rings is 1. The molecule has 1 aromatic carbocycles. The number of hydrogen-bond donors (Lipinski definition) is 2. The van der Waals surface area contributed by atoms with Crippen molar-refractivity contribution in [3.8, 4) is 0 Å². The summed E-state index contributed by atoms with van der Waals surface area (Å²) in [6.45, 7) is 3.79. The molecule has 1 amide bonds. The van der Waals surface area contributed by atoms with E-state index in [2.05, 4.69) is 10.6 Å². The number of carbonyl (C=O) groups excluding carboxylic acids is 1. The molecule has 0 aliphatic carbocycles. The van der Waals surface area contributed by atoms with Gasteiger partial charge >= 0.3 is 0 Å². The van der Waals surface area contributed by atoms with Crippen molar-refractivity contribution in [2.45, 2.75) is 13.3 Å². The summed E-state index contributed by atoms with van der Waals surface area (Å²) in [5.74, 6) is 0.259. The normalized spacial score (nSPS) is 20.2. The van der Waals surface area contributed by atoms with Gasteiger partial charge in [-0.15, -0.1) is 0 Å². The predicted molar refractivity (Wildman–Crippen MR) is 60.8 cm³/mol. The van der Waals surface area contributed by atoms with E-state index in [0.29, 0.717) is 0 Å². The van der Waals surface area contributed by atoms with Crippen molar-refractivity contribution in [1.29, 1.82) is 0 Å². The van der Waals surface area contributed by atoms with Crippen molar-refractivity contribution in [3.63, 3.8) is 0 Å². The molecule has 1 aromatic rings. The van der Waals surface area contributed by atoms with E-state index in [9.17, 15) is 4.79 Å². The van der Waals surface area contributed by atoms with Gasteiger partial charge in [0.2, 0.25) is 5.91 Å². The Morgan fingerprint density at radius 1 is 1.40 bits per heavy atom. The number of carbonyl (C=O) groups is 1. The fraction of sp³-hybridized carbons (Fsp3) is 0.417. The van der Waals surface area contributed by atoms with Gasteiger partial charge in [-0.2, -0.15) is 0 Å². The molecule has 1 aliphatic rings. The average Bonchev–Trinajstić information content (AvgIpc) is 2.74. The minimum Gasteiger partial charge on any atom is -0.326 e. The first-order valence-corrected chi connectivity index (χ1v) is 5.34. The lowest BCUT2D eigenvalue weighted by atomic mass is 10.1. The Labute approximate surface area is 89.9 Å². The Balaban J connectivity index is 1.96. The zero-order valence-corrected chi connectivity index (χ0v) is 8.92. The highest BCUT2D eigenvalue weighted by Crippen LogP contribution is 2.13. The van der Waals surface area contributed by atoms with Crippen LogP contribution in [0.15, 0.2) is 24.3 Å². The van der Waals surface area contributed by atoms with Gasteiger partial charge in [0.15, 0.2) is 0 Å². The van der Waals surface area contributed by atoms with E-state index in [4.69, 9.17) is 0 Å². The van der Waals surface area contributed by atoms with Crippen molar-refractivity contribution in [2.24, 2.45) is 5.92 Å². The van der Waals surface area contributed by atoms with Gasteiger partial charge in [0, 0.05) is 12.2 Å². The van der Waals surface area contributed by atoms with Gasteiger partial charge in [0.1, 0.15) is 0 Å². The second-order valence-corrected chi connectivity index (χ2v) is 4.04. The summed E-state index contributed by atoms with van der Waals surface area (Å²) in [5.41, 5.74) is 2.09. The third-order valence-corrected chi connectivity index (χ3v) is 2.75. The molecule has 15 heavy (non-hydrogen) atoms. The zero-order chi connectivity index (χ0) is 10.7. The maximum Gasteiger partial charge on any atom is 0.228 e. The molecule has 3 nitrogen and oxygen atoms in total. The van der Waals surface area contributed by atoms with Crippen LogP contribution in [-0.4, -0.2) is 19.0 Å². The minimum absolute atomic E-state index is 0.129. The Bertz CT molecular complexity index is 339. The Kier molecular flexibility index (Phi) is 3.02. The van der Waals surface area contributed by atoms with Crippen LogP contribution in [0.3, 0.4) is 0 Å². The number of hydrogen-bond acceptors (Lipinski definition) is 2. The van der Waals surface area contributed by atoms with Crippen LogP contribution >= 0.6 is 0 Å². The monoisotopic (exact) mass is 204 g/mol. The van der Waals surface area contributed by atoms with Gasteiger partial charge in [-0.25, -0.2) is 0 Å². The molecule has 0 aromatic heterocycles. The molecule has 0 radical (unpaired) electrons. The third kappa shape index (κ3) is 2.57. The lowest BCUT2D eigenvalue weighted by Gasteiger charge is -2.09. The summed E-state index contributed by atoms with van der Waals surface area (Å²) in [6.07, 6.45) is 0.942. The van der Waals surface area contributed by atoms with Crippen LogP contribution in [0, 0.1) is 12.8 Å². The maximum atomic E-state index is 11.7. The fourth-order valence-electron chi connectivity index (χ4n) is 1.76. The van der Waals surface area contributed by atoms with Crippen LogP contribution in [0.2, 0.25) is 0 Å². The molecule has 0 saturated carbocycles. The van der Waals surface area contributed by atoms with Crippen LogP contribution in [0.1, 0.15) is 12.0 Å². The second kappa shape index (κ2) is 4.45. The minimum atomic E-state index is 0.129. The fourth-order valence-corrected chi connectivity index (χ4v) is 1.76. The van der Waals surface area contributed by atoms with E-state index in [1.807, 2.05) is 31.2 Å². The molecule has 1 saturated heterocycles. The van der Waals surface area contributed by atoms with E-state index < -0.39 is 0 Å². The largest absolute Gasteiger partial charge is 0.326 e. The van der Waals surface area contributed by atoms with Crippen molar-refractivity contribution in [1.82, 2.24) is 5.32 Å². The molecule has 0 unspecified atom stereocenters. The molecule has 0 bridgehead atoms. The molecular formula is C12H16N2O. The SMILES string of the molecule is Cc1ccc(NC(=O)[C@@H]2CCNC2)cc1. The van der Waals surface area contributed by atoms with E-state index >= 15 is 0 Å². The number of rotatable bonds is 2. The van der Waals surface area contributed by atoms with E-state index in [1.54, 1.807) is 0 Å². The highest BCUT2D eigenvalue weighted by Gasteiger charge is 2.21. The molecule has 1 aliphatic heterocycles. The smallest absolute Gasteiger partial charge is 0.228 e. The van der Waals surface area contributed by atoms with Crippen molar-refractivity contribution in [2.75, 3.05) is 18.4 Å². The molecule has 0 spiro atoms. The maximum absolute atomic E-state index is 11.7. The van der Waals surface area contributed by atoms with Gasteiger partial charge < -0.3 is 10.6 Å². The van der Waals surface area contributed by atoms with Gasteiger partial charge in [-0.1, -0.05) is 17.7 Å². The van der Waals surface area contributed by atoms with Gasteiger partial charge in [-0.05, 0) is 32.0 Å². The van der Waals surface area contributed by atoms with Gasteiger partial charge in [0.05, 0.1) is 5.92 Å². The summed E-state index contributed by atoms with van der Waals surface area (Å²) in [4.78, 5) is 11.7. The Hall–Kier alpha value is -1.35. The Morgan fingerprint density at radius 2 is 2.13 bits per heavy atom. The quantitative estimate of drug-likeness (QED) is 0.767. The second-order valence-electron chi connectivity index (χ2n) is 4.04. The zero-order valence-electron chi connectivity index (χ0n) is 8.92. The average molecular weight is 204 g/mol. The number of nitrogens with one attached hydrogen (secondary N) is 2. The lowest BCUT2D eigenvalue weighted by Crippen LogP contribution is -2.24. The molecule has 2 N–H and O–H groups in total. The highest BCUT2D eigenvalue weighted by atomic mass is 16.1. The molecule has 2 rings (SSSR count). The van der Waals surface area contributed by atoms with E-state index in [1.165, 1.54) is 5.56 Å². The van der Waals surface area contributed by atoms with Crippen molar-refractivity contribution < 1.29 is 4.79 Å². The van der Waals surface area contributed by atoms with Crippen molar-refractivity contribution >= 4 is 11.6 Å². The summed E-state index contributed by atoms with van der Waals surface area (Å²) >= 11 is 0. The molecular weight excluding hydrogens is 188 g/mol. The van der Waals surface area contributed by atoms with Crippen LogP contribution < -0.4 is 10.6 Å². The van der Waals surface area contributed by atoms with Crippen LogP contribution in [0.5, 0.6) is 0 Å². The topological polar surface area (TPSA) is 41.1 Å². The van der Waals surface area contributed by atoms with Gasteiger partial charge in [-0.3, -0.25) is 4.79 Å². The van der Waals surface area contributed by atoms with Crippen molar-refractivity contribution in [3.05, 3.63) is 29.8 Å². The van der Waals surface area contributed by atoms with E-state index in [0.717, 1.165) is 25.2 Å². The Morgan fingerprint density at radius 3 is 2.73 bits per heavy atom. The highest BCUT2D eigenvalue weighted by molar-refractivity contribution is 5.92. The first kappa shape index (κ1) is 10.2. The molecule has 3 heteroatoms. The summed E-state index contributed by atoms with van der Waals surface area (Å²) in [6, 6.07) is 7.89. The molecule has 80 valence electrons. The standard InChI is InChI=1S/C12H16N2O/c1-9-2-4-11(5-3-9)14-12(15)10-6-7-13-8-10/h2-5,10,13H,6-8H2,1H3,(H,14,15)/t10-/m1/s1. The van der Waals surface area contributed by atoms with Crippen LogP contribution in [-0.2, 0) is 4.79 Å². The summed E-state index contributed by atoms with van der Waals surface area (Å²) < 4.78 is 0. The van der Waals surface area contributed by atoms with Crippen LogP contribution in [0.25, 0.3) is 0 Å². The number of anilines is 1.